The number of anilines is 2. The smallest absolute Gasteiger partial charge is 0.145 e. The minimum Gasteiger partial charge on any atom is -0.456 e. The summed E-state index contributed by atoms with van der Waals surface area (Å²) in [5.41, 5.74) is 0.770. The first-order valence-electron chi connectivity index (χ1n) is 6.36. The summed E-state index contributed by atoms with van der Waals surface area (Å²) in [6.07, 6.45) is 4.94. The molecule has 104 valence electrons. The minimum absolute atomic E-state index is 0.269. The molecule has 0 aliphatic carbocycles. The Kier molecular flexibility index (Phi) is 3.73. The van der Waals surface area contributed by atoms with Gasteiger partial charge in [0.15, 0.2) is 0 Å². The number of hydrogen-bond donors (Lipinski definition) is 1. The van der Waals surface area contributed by atoms with Crippen molar-refractivity contribution in [3.8, 4) is 11.5 Å². The molecule has 0 unspecified atom stereocenters. The van der Waals surface area contributed by atoms with Crippen LogP contribution < -0.4 is 10.1 Å². The lowest BCUT2D eigenvalue weighted by Crippen LogP contribution is -1.93. The largest absolute Gasteiger partial charge is 0.456 e. The number of halogens is 1. The van der Waals surface area contributed by atoms with Crippen LogP contribution >= 0.6 is 0 Å². The molecule has 2 heterocycles. The van der Waals surface area contributed by atoms with Crippen LogP contribution in [0.3, 0.4) is 0 Å². The van der Waals surface area contributed by atoms with Crippen LogP contribution in [0.15, 0.2) is 67.1 Å². The molecular weight excluding hydrogens is 269 g/mol. The Morgan fingerprint density at radius 1 is 0.857 bits per heavy atom. The first-order valence-corrected chi connectivity index (χ1v) is 6.36. The van der Waals surface area contributed by atoms with E-state index in [0.717, 1.165) is 5.69 Å². The molecule has 21 heavy (non-hydrogen) atoms. The predicted molar refractivity (Wildman–Crippen MR) is 78.2 cm³/mol. The maximum Gasteiger partial charge on any atom is 0.145 e. The molecule has 0 spiro atoms. The van der Waals surface area contributed by atoms with E-state index in [-0.39, 0.29) is 5.82 Å². The van der Waals surface area contributed by atoms with E-state index < -0.39 is 0 Å². The molecule has 0 saturated carbocycles. The summed E-state index contributed by atoms with van der Waals surface area (Å²) in [6.45, 7) is 0. The maximum atomic E-state index is 12.8. The molecule has 0 fully saturated rings. The third-order valence-corrected chi connectivity index (χ3v) is 2.74. The van der Waals surface area contributed by atoms with Crippen LogP contribution in [0.5, 0.6) is 11.5 Å². The van der Waals surface area contributed by atoms with E-state index in [1.54, 1.807) is 55.0 Å². The number of nitrogens with one attached hydrogen (secondary N) is 1. The van der Waals surface area contributed by atoms with Gasteiger partial charge in [0, 0.05) is 18.1 Å². The normalized spacial score (nSPS) is 10.1. The highest BCUT2D eigenvalue weighted by Gasteiger charge is 2.00. The van der Waals surface area contributed by atoms with Crippen molar-refractivity contribution >= 4 is 11.5 Å². The zero-order valence-corrected chi connectivity index (χ0v) is 11.0. The summed E-state index contributed by atoms with van der Waals surface area (Å²) >= 11 is 0. The van der Waals surface area contributed by atoms with E-state index in [2.05, 4.69) is 15.3 Å². The van der Waals surface area contributed by atoms with E-state index in [9.17, 15) is 4.39 Å². The Labute approximate surface area is 121 Å². The fourth-order valence-electron chi connectivity index (χ4n) is 1.74. The molecule has 0 radical (unpaired) electrons. The van der Waals surface area contributed by atoms with E-state index in [1.807, 2.05) is 0 Å². The molecule has 5 heteroatoms. The van der Waals surface area contributed by atoms with E-state index >= 15 is 0 Å². The van der Waals surface area contributed by atoms with Crippen molar-refractivity contribution in [2.45, 2.75) is 0 Å². The lowest BCUT2D eigenvalue weighted by atomic mass is 10.3. The van der Waals surface area contributed by atoms with Gasteiger partial charge in [-0.3, -0.25) is 4.98 Å². The Morgan fingerprint density at radius 3 is 2.29 bits per heavy atom. The molecule has 0 bridgehead atoms. The zero-order chi connectivity index (χ0) is 14.5. The van der Waals surface area contributed by atoms with E-state index in [1.165, 1.54) is 12.1 Å². The molecule has 4 nitrogen and oxygen atoms in total. The molecule has 0 aliphatic heterocycles. The average Bonchev–Trinajstić information content (AvgIpc) is 2.53. The maximum absolute atomic E-state index is 12.8. The Bertz CT molecular complexity index is 700. The zero-order valence-electron chi connectivity index (χ0n) is 11.0. The van der Waals surface area contributed by atoms with Gasteiger partial charge in [-0.1, -0.05) is 0 Å². The molecule has 3 rings (SSSR count). The van der Waals surface area contributed by atoms with Gasteiger partial charge in [0.2, 0.25) is 0 Å². The van der Waals surface area contributed by atoms with Gasteiger partial charge in [-0.2, -0.15) is 0 Å². The summed E-state index contributed by atoms with van der Waals surface area (Å²) in [5, 5.41) is 3.08. The fourth-order valence-corrected chi connectivity index (χ4v) is 1.74. The topological polar surface area (TPSA) is 47.0 Å². The van der Waals surface area contributed by atoms with Crippen LogP contribution in [-0.4, -0.2) is 9.97 Å². The predicted octanol–water partition coefficient (Wildman–Crippen LogP) is 4.15. The highest BCUT2D eigenvalue weighted by molar-refractivity contribution is 5.56. The summed E-state index contributed by atoms with van der Waals surface area (Å²) in [5.74, 6) is 1.72. The van der Waals surface area contributed by atoms with Crippen LogP contribution in [0.1, 0.15) is 0 Å². The molecule has 0 amide bonds. The first-order chi connectivity index (χ1) is 10.3. The van der Waals surface area contributed by atoms with Gasteiger partial charge in [-0.05, 0) is 48.5 Å². The van der Waals surface area contributed by atoms with Crippen molar-refractivity contribution < 1.29 is 9.13 Å². The van der Waals surface area contributed by atoms with Gasteiger partial charge < -0.3 is 10.1 Å². The Balaban J connectivity index is 1.68. The fraction of sp³-hybridized carbons (Fsp3) is 0. The molecule has 0 saturated heterocycles. The Morgan fingerprint density at radius 2 is 1.62 bits per heavy atom. The van der Waals surface area contributed by atoms with Crippen LogP contribution in [0.2, 0.25) is 0 Å². The lowest BCUT2D eigenvalue weighted by Gasteiger charge is -2.07. The van der Waals surface area contributed by atoms with Crippen LogP contribution in [0.4, 0.5) is 15.9 Å². The van der Waals surface area contributed by atoms with E-state index in [4.69, 9.17) is 4.74 Å². The number of rotatable bonds is 4. The highest BCUT2D eigenvalue weighted by atomic mass is 19.1. The van der Waals surface area contributed by atoms with Gasteiger partial charge in [0.05, 0.1) is 6.20 Å². The molecule has 0 aliphatic rings. The van der Waals surface area contributed by atoms with Crippen molar-refractivity contribution in [2.24, 2.45) is 0 Å². The monoisotopic (exact) mass is 281 g/mol. The first kappa shape index (κ1) is 13.1. The van der Waals surface area contributed by atoms with Gasteiger partial charge in [0.25, 0.3) is 0 Å². The third-order valence-electron chi connectivity index (χ3n) is 2.74. The molecule has 3 aromatic rings. The van der Waals surface area contributed by atoms with Crippen LogP contribution in [0, 0.1) is 5.82 Å². The van der Waals surface area contributed by atoms with E-state index in [0.29, 0.717) is 17.3 Å². The second-order valence-electron chi connectivity index (χ2n) is 4.30. The minimum atomic E-state index is -0.269. The van der Waals surface area contributed by atoms with Crippen LogP contribution in [0.25, 0.3) is 0 Å². The SMILES string of the molecule is Fc1ccc(Nc2ccc(Oc3ccncc3)cn2)cc1. The standard InChI is InChI=1S/C16H12FN3O/c17-12-1-3-13(4-2-12)20-16-6-5-15(11-19-16)21-14-7-9-18-10-8-14/h1-11H,(H,19,20). The van der Waals surface area contributed by atoms with Gasteiger partial charge >= 0.3 is 0 Å². The summed E-state index contributed by atoms with van der Waals surface area (Å²) in [7, 11) is 0. The van der Waals surface area contributed by atoms with Gasteiger partial charge in [-0.15, -0.1) is 0 Å². The molecule has 0 atom stereocenters. The summed E-state index contributed by atoms with van der Waals surface area (Å²) < 4.78 is 18.4. The lowest BCUT2D eigenvalue weighted by molar-refractivity contribution is 0.480. The third kappa shape index (κ3) is 3.54. The average molecular weight is 281 g/mol. The number of pyridine rings is 2. The molecule has 2 aromatic heterocycles. The van der Waals surface area contributed by atoms with Crippen molar-refractivity contribution in [1.82, 2.24) is 9.97 Å². The summed E-state index contributed by atoms with van der Waals surface area (Å²) in [4.78, 5) is 8.17. The number of ether oxygens (including phenoxy) is 1. The number of hydrogen-bond acceptors (Lipinski definition) is 4. The number of aromatic nitrogens is 2. The second-order valence-corrected chi connectivity index (χ2v) is 4.30. The number of nitrogens with zero attached hydrogens (tertiary/aromatic N) is 2. The molecule has 1 aromatic carbocycles. The van der Waals surface area contributed by atoms with Crippen molar-refractivity contribution in [3.63, 3.8) is 0 Å². The second kappa shape index (κ2) is 6.00. The Hall–Kier alpha value is -2.95. The van der Waals surface area contributed by atoms with Gasteiger partial charge in [-0.25, -0.2) is 9.37 Å². The number of benzene rings is 1. The van der Waals surface area contributed by atoms with Gasteiger partial charge in [0.1, 0.15) is 23.1 Å². The van der Waals surface area contributed by atoms with Crippen molar-refractivity contribution in [1.29, 1.82) is 0 Å². The molecular formula is C16H12FN3O. The molecule has 1 N–H and O–H groups in total. The summed E-state index contributed by atoms with van der Waals surface area (Å²) in [6, 6.07) is 13.2. The van der Waals surface area contributed by atoms with Crippen molar-refractivity contribution in [2.75, 3.05) is 5.32 Å². The highest BCUT2D eigenvalue weighted by Crippen LogP contribution is 2.22. The van der Waals surface area contributed by atoms with Crippen molar-refractivity contribution in [3.05, 3.63) is 72.9 Å². The van der Waals surface area contributed by atoms with Crippen LogP contribution in [-0.2, 0) is 0 Å². The quantitative estimate of drug-likeness (QED) is 0.780.